The molecule has 5 aromatic carbocycles. The molecule has 0 saturated heterocycles. The van der Waals surface area contributed by atoms with Crippen LogP contribution in [0, 0.1) is 52.4 Å². The van der Waals surface area contributed by atoms with Crippen molar-refractivity contribution in [1.29, 1.82) is 0 Å². The third kappa shape index (κ3) is 4.35. The number of rotatable bonds is 2. The number of hydrogen-bond acceptors (Lipinski definition) is 0. The average Bonchev–Trinajstić information content (AvgIpc) is 2.90. The summed E-state index contributed by atoms with van der Waals surface area (Å²) in [5.74, 6) is -23.8. The second-order valence-corrected chi connectivity index (χ2v) is 8.97. The van der Waals surface area contributed by atoms with E-state index >= 15 is 22.0 Å². The van der Waals surface area contributed by atoms with Crippen molar-refractivity contribution in [1.82, 2.24) is 0 Å². The second kappa shape index (κ2) is 9.81. The van der Waals surface area contributed by atoms with Crippen LogP contribution in [0.4, 0.5) is 65.9 Å². The van der Waals surface area contributed by atoms with Gasteiger partial charge in [-0.05, 0) is 22.2 Å². The normalized spacial score (nSPS) is 12.5. The molecule has 0 spiro atoms. The van der Waals surface area contributed by atoms with E-state index in [2.05, 4.69) is 0 Å². The van der Waals surface area contributed by atoms with E-state index in [1.807, 2.05) is 0 Å². The maximum absolute atomic E-state index is 15.4. The predicted octanol–water partition coefficient (Wildman–Crippen LogP) is 10.6. The van der Waals surface area contributed by atoms with Crippen molar-refractivity contribution in [3.8, 4) is 22.3 Å². The van der Waals surface area contributed by atoms with Gasteiger partial charge in [-0.3, -0.25) is 0 Å². The van der Waals surface area contributed by atoms with Gasteiger partial charge >= 0.3 is 12.4 Å². The highest BCUT2D eigenvalue weighted by Crippen LogP contribution is 2.50. The van der Waals surface area contributed by atoms with E-state index in [0.29, 0.717) is 6.07 Å². The van der Waals surface area contributed by atoms with Crippen molar-refractivity contribution in [3.05, 3.63) is 106 Å². The van der Waals surface area contributed by atoms with E-state index in [1.54, 1.807) is 0 Å². The van der Waals surface area contributed by atoms with Gasteiger partial charge in [0, 0.05) is 16.5 Å². The Bertz CT molecular complexity index is 1930. The summed E-state index contributed by atoms with van der Waals surface area (Å²) < 4.78 is 214. The minimum Gasteiger partial charge on any atom is -0.206 e. The molecule has 0 atom stereocenters. The highest BCUT2D eigenvalue weighted by molar-refractivity contribution is 6.21. The molecule has 5 aromatic rings. The first-order valence-corrected chi connectivity index (χ1v) is 11.4. The lowest BCUT2D eigenvalue weighted by Crippen LogP contribution is -2.16. The Labute approximate surface area is 228 Å². The molecule has 0 unspecified atom stereocenters. The lowest BCUT2D eigenvalue weighted by molar-refractivity contribution is -0.144. The Morgan fingerprint density at radius 1 is 0.349 bits per heavy atom. The topological polar surface area (TPSA) is 0 Å². The highest BCUT2D eigenvalue weighted by Gasteiger charge is 2.44. The second-order valence-electron chi connectivity index (χ2n) is 8.97. The molecule has 0 aliphatic rings. The molecule has 0 nitrogen and oxygen atoms in total. The van der Waals surface area contributed by atoms with Crippen molar-refractivity contribution in [2.24, 2.45) is 0 Å². The molecular formula is C28H7F15. The Kier molecular flexibility index (Phi) is 6.85. The monoisotopic (exact) mass is 628 g/mol. The van der Waals surface area contributed by atoms with Gasteiger partial charge in [0.05, 0.1) is 11.1 Å². The summed E-state index contributed by atoms with van der Waals surface area (Å²) in [6.07, 6.45) is -11.9. The lowest BCUT2D eigenvalue weighted by atomic mass is 9.84. The molecule has 0 heterocycles. The van der Waals surface area contributed by atoms with Crippen molar-refractivity contribution in [2.75, 3.05) is 0 Å². The van der Waals surface area contributed by atoms with E-state index in [9.17, 15) is 43.9 Å². The number of hydrogen-bond donors (Lipinski definition) is 0. The van der Waals surface area contributed by atoms with Crippen LogP contribution in [0.15, 0.2) is 42.5 Å². The van der Waals surface area contributed by atoms with Crippen LogP contribution in [-0.4, -0.2) is 0 Å². The average molecular weight is 628 g/mol. The summed E-state index contributed by atoms with van der Waals surface area (Å²) >= 11 is 0. The number of benzene rings is 5. The summed E-state index contributed by atoms with van der Waals surface area (Å²) in [6.45, 7) is 0. The molecule has 5 rings (SSSR count). The third-order valence-corrected chi connectivity index (χ3v) is 6.59. The van der Waals surface area contributed by atoms with E-state index in [4.69, 9.17) is 0 Å². The molecule has 0 amide bonds. The quantitative estimate of drug-likeness (QED) is 0.104. The van der Waals surface area contributed by atoms with E-state index in [0.717, 1.165) is 36.4 Å². The molecule has 43 heavy (non-hydrogen) atoms. The highest BCUT2D eigenvalue weighted by atomic mass is 19.4. The largest absolute Gasteiger partial charge is 0.422 e. The molecule has 0 aromatic heterocycles. The fourth-order valence-corrected chi connectivity index (χ4v) is 4.91. The van der Waals surface area contributed by atoms with Gasteiger partial charge in [0.1, 0.15) is 16.9 Å². The Morgan fingerprint density at radius 2 is 0.698 bits per heavy atom. The van der Waals surface area contributed by atoms with Gasteiger partial charge in [0.2, 0.25) is 0 Å². The molecule has 0 N–H and O–H groups in total. The van der Waals surface area contributed by atoms with Gasteiger partial charge in [-0.25, -0.2) is 39.5 Å². The van der Waals surface area contributed by atoms with Crippen LogP contribution >= 0.6 is 0 Å². The zero-order chi connectivity index (χ0) is 31.9. The number of fused-ring (bicyclic) bond motifs is 2. The van der Waals surface area contributed by atoms with Crippen LogP contribution in [-0.2, 0) is 12.4 Å². The molecule has 0 radical (unpaired) electrons. The van der Waals surface area contributed by atoms with Gasteiger partial charge in [0.25, 0.3) is 0 Å². The van der Waals surface area contributed by atoms with Crippen LogP contribution in [0.5, 0.6) is 0 Å². The van der Waals surface area contributed by atoms with Gasteiger partial charge in [-0.1, -0.05) is 36.4 Å². The summed E-state index contributed by atoms with van der Waals surface area (Å²) in [7, 11) is 0. The van der Waals surface area contributed by atoms with E-state index in [-0.39, 0.29) is 0 Å². The van der Waals surface area contributed by atoms with Crippen LogP contribution in [0.2, 0.25) is 0 Å². The minimum atomic E-state index is -5.95. The molecule has 15 heteroatoms. The first-order chi connectivity index (χ1) is 19.9. The maximum atomic E-state index is 15.4. The van der Waals surface area contributed by atoms with Crippen molar-refractivity contribution < 1.29 is 65.9 Å². The van der Waals surface area contributed by atoms with Crippen molar-refractivity contribution in [2.45, 2.75) is 12.4 Å². The van der Waals surface area contributed by atoms with Crippen molar-refractivity contribution >= 4 is 21.5 Å². The van der Waals surface area contributed by atoms with E-state index < -0.39 is 120 Å². The van der Waals surface area contributed by atoms with E-state index in [1.165, 1.54) is 0 Å². The molecule has 0 bridgehead atoms. The summed E-state index contributed by atoms with van der Waals surface area (Å²) in [4.78, 5) is 0. The van der Waals surface area contributed by atoms with Gasteiger partial charge in [-0.15, -0.1) is 0 Å². The smallest absolute Gasteiger partial charge is 0.206 e. The van der Waals surface area contributed by atoms with Gasteiger partial charge in [0.15, 0.2) is 46.5 Å². The summed E-state index contributed by atoms with van der Waals surface area (Å²) in [6, 6.07) is 5.72. The number of halogens is 15. The predicted molar refractivity (Wildman–Crippen MR) is 122 cm³/mol. The molecule has 0 saturated carbocycles. The summed E-state index contributed by atoms with van der Waals surface area (Å²) in [5.41, 5.74) is -11.9. The fraction of sp³-hybridized carbons (Fsp3) is 0.0714. The first kappa shape index (κ1) is 30.0. The lowest BCUT2D eigenvalue weighted by Gasteiger charge is -2.21. The first-order valence-electron chi connectivity index (χ1n) is 11.4. The molecule has 0 fully saturated rings. The Morgan fingerprint density at radius 3 is 1.09 bits per heavy atom. The standard InChI is InChI=1S/C28H7F15/c29-11-7-3-6-10-12(15-19(30)23(34)17(27(38,39)40)24(35)20(15)31)8-4-1-2-5-9(8)14(13(10)11)16-21(32)25(36)18(28(41,42)43)26(37)22(16)33/h1-7H. The minimum absolute atomic E-state index is 0.539. The van der Waals surface area contributed by atoms with Crippen LogP contribution in [0.3, 0.4) is 0 Å². The van der Waals surface area contributed by atoms with Crippen LogP contribution in [0.25, 0.3) is 43.8 Å². The maximum Gasteiger partial charge on any atom is 0.422 e. The third-order valence-electron chi connectivity index (χ3n) is 6.59. The molecule has 0 aliphatic heterocycles. The summed E-state index contributed by atoms with van der Waals surface area (Å²) in [5, 5.41) is -3.59. The molecule has 224 valence electrons. The Balaban J connectivity index is 2.06. The SMILES string of the molecule is Fc1c(F)c(C(F)(F)F)c(F)c(F)c1-c1c2ccccc2c(-c2c(F)c(F)c(C(F)(F)F)c(F)c2F)c2c(F)cccc12. The zero-order valence-electron chi connectivity index (χ0n) is 20.2. The fourth-order valence-electron chi connectivity index (χ4n) is 4.91. The van der Waals surface area contributed by atoms with Crippen LogP contribution < -0.4 is 0 Å². The Hall–Kier alpha value is -4.43. The number of alkyl halides is 6. The molecular weight excluding hydrogens is 621 g/mol. The van der Waals surface area contributed by atoms with Crippen molar-refractivity contribution in [3.63, 3.8) is 0 Å². The van der Waals surface area contributed by atoms with Crippen LogP contribution in [0.1, 0.15) is 11.1 Å². The molecule has 0 aliphatic carbocycles. The van der Waals surface area contributed by atoms with Gasteiger partial charge < -0.3 is 0 Å². The zero-order valence-corrected chi connectivity index (χ0v) is 20.2. The van der Waals surface area contributed by atoms with Gasteiger partial charge in [-0.2, -0.15) is 26.3 Å².